The van der Waals surface area contributed by atoms with Gasteiger partial charge in [0.15, 0.2) is 0 Å². The van der Waals surface area contributed by atoms with E-state index in [9.17, 15) is 0 Å². The van der Waals surface area contributed by atoms with Crippen LogP contribution in [0.4, 0.5) is 0 Å². The SMILES string of the molecule is CNCc1sc(-c2ccc(C)cc2Br)nc1C(C)C. The molecule has 0 saturated carbocycles. The summed E-state index contributed by atoms with van der Waals surface area (Å²) in [6, 6.07) is 6.42. The average molecular weight is 339 g/mol. The zero-order valence-corrected chi connectivity index (χ0v) is 14.2. The number of rotatable bonds is 4. The van der Waals surface area contributed by atoms with Crippen molar-refractivity contribution in [1.82, 2.24) is 10.3 Å². The number of thiazole rings is 1. The van der Waals surface area contributed by atoms with E-state index >= 15 is 0 Å². The Kier molecular flexibility index (Phi) is 4.76. The second-order valence-electron chi connectivity index (χ2n) is 5.00. The highest BCUT2D eigenvalue weighted by Gasteiger charge is 2.16. The fourth-order valence-electron chi connectivity index (χ4n) is 2.01. The molecule has 1 aromatic carbocycles. The average Bonchev–Trinajstić information content (AvgIpc) is 2.73. The summed E-state index contributed by atoms with van der Waals surface area (Å²) in [5, 5.41) is 4.32. The highest BCUT2D eigenvalue weighted by atomic mass is 79.9. The van der Waals surface area contributed by atoms with Crippen molar-refractivity contribution in [1.29, 1.82) is 0 Å². The maximum absolute atomic E-state index is 4.84. The summed E-state index contributed by atoms with van der Waals surface area (Å²) >= 11 is 5.43. The molecule has 1 heterocycles. The van der Waals surface area contributed by atoms with Gasteiger partial charge in [-0.25, -0.2) is 4.98 Å². The van der Waals surface area contributed by atoms with Crippen molar-refractivity contribution in [2.45, 2.75) is 33.2 Å². The van der Waals surface area contributed by atoms with Gasteiger partial charge in [0.05, 0.1) is 5.69 Å². The summed E-state index contributed by atoms with van der Waals surface area (Å²) in [6.07, 6.45) is 0. The van der Waals surface area contributed by atoms with Crippen LogP contribution >= 0.6 is 27.3 Å². The first-order chi connectivity index (χ1) is 9.02. The van der Waals surface area contributed by atoms with Crippen LogP contribution < -0.4 is 5.32 Å². The van der Waals surface area contributed by atoms with Gasteiger partial charge in [-0.15, -0.1) is 11.3 Å². The molecule has 1 aromatic heterocycles. The summed E-state index contributed by atoms with van der Waals surface area (Å²) in [5.74, 6) is 0.456. The number of hydrogen-bond acceptors (Lipinski definition) is 3. The number of nitrogens with one attached hydrogen (secondary N) is 1. The molecule has 0 spiro atoms. The van der Waals surface area contributed by atoms with Gasteiger partial charge in [0.2, 0.25) is 0 Å². The fraction of sp³-hybridized carbons (Fsp3) is 0.400. The topological polar surface area (TPSA) is 24.9 Å². The molecule has 2 rings (SSSR count). The molecule has 0 aliphatic carbocycles. The minimum absolute atomic E-state index is 0.456. The summed E-state index contributed by atoms with van der Waals surface area (Å²) in [7, 11) is 1.98. The number of halogens is 1. The molecule has 0 aliphatic rings. The molecule has 0 bridgehead atoms. The smallest absolute Gasteiger partial charge is 0.125 e. The van der Waals surface area contributed by atoms with Gasteiger partial charge in [0.25, 0.3) is 0 Å². The van der Waals surface area contributed by atoms with E-state index in [1.165, 1.54) is 21.7 Å². The van der Waals surface area contributed by atoms with E-state index in [0.717, 1.165) is 16.0 Å². The Labute approximate surface area is 127 Å². The zero-order chi connectivity index (χ0) is 14.0. The second kappa shape index (κ2) is 6.16. The van der Waals surface area contributed by atoms with Gasteiger partial charge >= 0.3 is 0 Å². The van der Waals surface area contributed by atoms with E-state index in [2.05, 4.69) is 60.2 Å². The Morgan fingerprint density at radius 2 is 2.11 bits per heavy atom. The third-order valence-electron chi connectivity index (χ3n) is 2.97. The predicted octanol–water partition coefficient (Wildman–Crippen LogP) is 4.72. The fourth-order valence-corrected chi connectivity index (χ4v) is 4.09. The molecule has 0 fully saturated rings. The van der Waals surface area contributed by atoms with Crippen LogP contribution in [0.2, 0.25) is 0 Å². The minimum Gasteiger partial charge on any atom is -0.315 e. The quantitative estimate of drug-likeness (QED) is 0.871. The van der Waals surface area contributed by atoms with E-state index in [1.54, 1.807) is 11.3 Å². The molecular weight excluding hydrogens is 320 g/mol. The normalized spacial score (nSPS) is 11.3. The third kappa shape index (κ3) is 3.25. The molecule has 2 nitrogen and oxygen atoms in total. The van der Waals surface area contributed by atoms with Gasteiger partial charge in [-0.05, 0) is 31.5 Å². The summed E-state index contributed by atoms with van der Waals surface area (Å²) in [5.41, 5.74) is 3.65. The Balaban J connectivity index is 2.47. The first kappa shape index (κ1) is 14.7. The van der Waals surface area contributed by atoms with Crippen molar-refractivity contribution in [2.24, 2.45) is 0 Å². The van der Waals surface area contributed by atoms with Gasteiger partial charge in [-0.3, -0.25) is 0 Å². The van der Waals surface area contributed by atoms with Gasteiger partial charge in [-0.2, -0.15) is 0 Å². The van der Waals surface area contributed by atoms with Gasteiger partial charge < -0.3 is 5.32 Å². The standard InChI is InChI=1S/C15H19BrN2S/c1-9(2)14-13(8-17-4)19-15(18-14)11-6-5-10(3)7-12(11)16/h5-7,9,17H,8H2,1-4H3. The number of nitrogens with zero attached hydrogens (tertiary/aromatic N) is 1. The molecule has 0 unspecified atom stereocenters. The monoisotopic (exact) mass is 338 g/mol. The van der Waals surface area contributed by atoms with Crippen LogP contribution in [-0.4, -0.2) is 12.0 Å². The summed E-state index contributed by atoms with van der Waals surface area (Å²) in [4.78, 5) is 6.17. The highest BCUT2D eigenvalue weighted by molar-refractivity contribution is 9.10. The van der Waals surface area contributed by atoms with E-state index < -0.39 is 0 Å². The third-order valence-corrected chi connectivity index (χ3v) is 4.73. The molecule has 19 heavy (non-hydrogen) atoms. The van der Waals surface area contributed by atoms with Crippen molar-refractivity contribution in [2.75, 3.05) is 7.05 Å². The first-order valence-electron chi connectivity index (χ1n) is 6.43. The van der Waals surface area contributed by atoms with E-state index in [4.69, 9.17) is 4.98 Å². The molecule has 0 aliphatic heterocycles. The van der Waals surface area contributed by atoms with E-state index in [0.29, 0.717) is 5.92 Å². The van der Waals surface area contributed by atoms with E-state index in [-0.39, 0.29) is 0 Å². The minimum atomic E-state index is 0.456. The zero-order valence-electron chi connectivity index (χ0n) is 11.7. The summed E-state index contributed by atoms with van der Waals surface area (Å²) < 4.78 is 1.12. The van der Waals surface area contributed by atoms with E-state index in [1.807, 2.05) is 7.05 Å². The summed E-state index contributed by atoms with van der Waals surface area (Å²) in [6.45, 7) is 7.38. The molecule has 4 heteroatoms. The van der Waals surface area contributed by atoms with Crippen molar-refractivity contribution < 1.29 is 0 Å². The predicted molar refractivity (Wildman–Crippen MR) is 86.8 cm³/mol. The van der Waals surface area contributed by atoms with Crippen molar-refractivity contribution in [3.63, 3.8) is 0 Å². The lowest BCUT2D eigenvalue weighted by Crippen LogP contribution is -2.06. The number of benzene rings is 1. The molecular formula is C15H19BrN2S. The van der Waals surface area contributed by atoms with Gasteiger partial charge in [0.1, 0.15) is 5.01 Å². The maximum Gasteiger partial charge on any atom is 0.125 e. The van der Waals surface area contributed by atoms with Crippen molar-refractivity contribution in [3.8, 4) is 10.6 Å². The van der Waals surface area contributed by atoms with Crippen LogP contribution in [0.5, 0.6) is 0 Å². The van der Waals surface area contributed by atoms with Gasteiger partial charge in [-0.1, -0.05) is 41.9 Å². The Morgan fingerprint density at radius 3 is 2.68 bits per heavy atom. The van der Waals surface area contributed by atoms with Crippen molar-refractivity contribution >= 4 is 27.3 Å². The number of aromatic nitrogens is 1. The van der Waals surface area contributed by atoms with Crippen molar-refractivity contribution in [3.05, 3.63) is 38.8 Å². The van der Waals surface area contributed by atoms with Crippen LogP contribution in [-0.2, 0) is 6.54 Å². The first-order valence-corrected chi connectivity index (χ1v) is 8.04. The molecule has 102 valence electrons. The lowest BCUT2D eigenvalue weighted by Gasteiger charge is -2.03. The molecule has 1 N–H and O–H groups in total. The van der Waals surface area contributed by atoms with Crippen LogP contribution in [0.15, 0.2) is 22.7 Å². The van der Waals surface area contributed by atoms with Crippen LogP contribution in [0.3, 0.4) is 0 Å². The van der Waals surface area contributed by atoms with Crippen LogP contribution in [0, 0.1) is 6.92 Å². The molecule has 0 saturated heterocycles. The Hall–Kier alpha value is -0.710. The Morgan fingerprint density at radius 1 is 1.37 bits per heavy atom. The Bertz CT molecular complexity index is 576. The molecule has 0 amide bonds. The molecule has 0 radical (unpaired) electrons. The van der Waals surface area contributed by atoms with Crippen LogP contribution in [0.25, 0.3) is 10.6 Å². The number of hydrogen-bond donors (Lipinski definition) is 1. The number of aryl methyl sites for hydroxylation is 1. The lowest BCUT2D eigenvalue weighted by atomic mass is 10.1. The van der Waals surface area contributed by atoms with Crippen LogP contribution in [0.1, 0.15) is 35.9 Å². The largest absolute Gasteiger partial charge is 0.315 e. The molecule has 0 atom stereocenters. The maximum atomic E-state index is 4.84. The lowest BCUT2D eigenvalue weighted by molar-refractivity contribution is 0.771. The molecule has 2 aromatic rings. The van der Waals surface area contributed by atoms with Gasteiger partial charge in [0, 0.05) is 21.5 Å². The second-order valence-corrected chi connectivity index (χ2v) is 6.93. The highest BCUT2D eigenvalue weighted by Crippen LogP contribution is 2.35.